The van der Waals surface area contributed by atoms with Crippen molar-refractivity contribution in [1.29, 1.82) is 0 Å². The van der Waals surface area contributed by atoms with Gasteiger partial charge in [-0.05, 0) is 48.9 Å². The van der Waals surface area contributed by atoms with Crippen LogP contribution in [0.5, 0.6) is 0 Å². The van der Waals surface area contributed by atoms with Crippen LogP contribution in [0.4, 0.5) is 5.69 Å². The zero-order chi connectivity index (χ0) is 25.3. The van der Waals surface area contributed by atoms with Crippen LogP contribution in [-0.4, -0.2) is 64.3 Å². The molecule has 0 unspecified atom stereocenters. The van der Waals surface area contributed by atoms with Crippen LogP contribution in [0.3, 0.4) is 0 Å². The van der Waals surface area contributed by atoms with Crippen molar-refractivity contribution in [2.45, 2.75) is 57.9 Å². The second-order valence-electron chi connectivity index (χ2n) is 10.2. The van der Waals surface area contributed by atoms with Gasteiger partial charge in [0, 0.05) is 30.3 Å². The first-order valence-corrected chi connectivity index (χ1v) is 13.4. The largest absolute Gasteiger partial charge is 0.399 e. The minimum absolute atomic E-state index is 0.117. The Kier molecular flexibility index (Phi) is 6.84. The van der Waals surface area contributed by atoms with Crippen molar-refractivity contribution in [3.63, 3.8) is 0 Å². The van der Waals surface area contributed by atoms with Crippen molar-refractivity contribution < 1.29 is 9.59 Å². The molecule has 0 aromatic heterocycles. The highest BCUT2D eigenvalue weighted by Gasteiger charge is 2.50. The number of amidine groups is 1. The van der Waals surface area contributed by atoms with E-state index in [1.807, 2.05) is 47.9 Å². The molecule has 2 N–H and O–H groups in total. The van der Waals surface area contributed by atoms with Crippen LogP contribution in [0, 0.1) is 5.92 Å². The van der Waals surface area contributed by atoms with E-state index in [4.69, 9.17) is 10.7 Å². The van der Waals surface area contributed by atoms with E-state index in [1.54, 1.807) is 0 Å². The van der Waals surface area contributed by atoms with Crippen molar-refractivity contribution in [2.24, 2.45) is 10.9 Å². The van der Waals surface area contributed by atoms with Crippen LogP contribution in [0.15, 0.2) is 53.5 Å². The molecule has 1 spiro atoms. The summed E-state index contributed by atoms with van der Waals surface area (Å²) < 4.78 is 0. The summed E-state index contributed by atoms with van der Waals surface area (Å²) in [6, 6.07) is 16.1. The Labute approximate surface area is 214 Å². The van der Waals surface area contributed by atoms with E-state index in [2.05, 4.69) is 29.2 Å². The first-order chi connectivity index (χ1) is 17.5. The number of benzene rings is 2. The number of hydrogen-bond donors (Lipinski definition) is 1. The third kappa shape index (κ3) is 4.64. The number of carbonyl (C=O) groups is 2. The van der Waals surface area contributed by atoms with Gasteiger partial charge in [0.2, 0.25) is 5.91 Å². The number of anilines is 1. The van der Waals surface area contributed by atoms with Crippen molar-refractivity contribution in [1.82, 2.24) is 14.7 Å². The highest BCUT2D eigenvalue weighted by Crippen LogP contribution is 2.40. The van der Waals surface area contributed by atoms with Crippen molar-refractivity contribution >= 4 is 23.3 Å². The summed E-state index contributed by atoms with van der Waals surface area (Å²) in [6.45, 7) is 6.60. The zero-order valence-corrected chi connectivity index (χ0v) is 21.4. The Balaban J connectivity index is 0.00000130. The van der Waals surface area contributed by atoms with Gasteiger partial charge in [-0.3, -0.25) is 24.4 Å². The number of hydrogen-bond acceptors (Lipinski definition) is 5. The Morgan fingerprint density at radius 2 is 1.69 bits per heavy atom. The van der Waals surface area contributed by atoms with Crippen LogP contribution in [0.25, 0.3) is 11.1 Å². The van der Waals surface area contributed by atoms with Crippen molar-refractivity contribution in [3.05, 3.63) is 54.1 Å². The molecule has 0 bridgehead atoms. The van der Waals surface area contributed by atoms with Crippen LogP contribution in [0.1, 0.15) is 57.9 Å². The van der Waals surface area contributed by atoms with E-state index in [1.165, 1.54) is 0 Å². The van der Waals surface area contributed by atoms with E-state index in [9.17, 15) is 9.59 Å². The number of nitrogen functional groups attached to an aromatic ring is 1. The minimum Gasteiger partial charge on any atom is -0.399 e. The summed E-state index contributed by atoms with van der Waals surface area (Å²) in [5, 5.41) is 0. The molecule has 0 radical (unpaired) electrons. The Morgan fingerprint density at radius 1 is 1.00 bits per heavy atom. The summed E-state index contributed by atoms with van der Waals surface area (Å²) in [5.41, 5.74) is 9.19. The first-order valence-electron chi connectivity index (χ1n) is 13.4. The number of amides is 2. The van der Waals surface area contributed by atoms with Gasteiger partial charge in [-0.15, -0.1) is 0 Å². The van der Waals surface area contributed by atoms with E-state index in [0.717, 1.165) is 79.8 Å². The fraction of sp³-hybridized carbons (Fsp3) is 0.483. The molecule has 2 aromatic rings. The van der Waals surface area contributed by atoms with Crippen molar-refractivity contribution in [3.8, 4) is 11.1 Å². The number of nitrogens with two attached hydrogens (primary N) is 1. The fourth-order valence-corrected chi connectivity index (χ4v) is 5.55. The maximum atomic E-state index is 13.7. The van der Waals surface area contributed by atoms with Gasteiger partial charge >= 0.3 is 0 Å². The van der Waals surface area contributed by atoms with Crippen LogP contribution in [-0.2, 0) is 9.59 Å². The molecule has 2 aliphatic heterocycles. The third-order valence-electron chi connectivity index (χ3n) is 7.65. The SMILES string of the molecule is CC.Nc1cccc(-c2ccc(C3=NC4(CCCC4)C(=O)N3CN3CCN(C(=O)C4CC4)C3)cc2)c1. The van der Waals surface area contributed by atoms with Crippen LogP contribution in [0.2, 0.25) is 0 Å². The van der Waals surface area contributed by atoms with E-state index in [0.29, 0.717) is 13.3 Å². The van der Waals surface area contributed by atoms with Crippen LogP contribution < -0.4 is 5.73 Å². The predicted octanol–water partition coefficient (Wildman–Crippen LogP) is 4.33. The molecule has 190 valence electrons. The molecule has 7 heteroatoms. The lowest BCUT2D eigenvalue weighted by atomic mass is 9.98. The topological polar surface area (TPSA) is 82.2 Å². The maximum Gasteiger partial charge on any atom is 0.257 e. The maximum absolute atomic E-state index is 13.7. The molecule has 7 nitrogen and oxygen atoms in total. The van der Waals surface area contributed by atoms with E-state index in [-0.39, 0.29) is 17.7 Å². The molecule has 2 heterocycles. The summed E-state index contributed by atoms with van der Waals surface area (Å²) in [6.07, 6.45) is 5.75. The molecule has 2 aliphatic carbocycles. The molecule has 2 amide bonds. The second kappa shape index (κ2) is 10.1. The Morgan fingerprint density at radius 3 is 2.36 bits per heavy atom. The average Bonchev–Trinajstić information content (AvgIpc) is 3.36. The first kappa shape index (κ1) is 24.5. The molecule has 2 saturated carbocycles. The van der Waals surface area contributed by atoms with E-state index < -0.39 is 5.54 Å². The van der Waals surface area contributed by atoms with Gasteiger partial charge in [0.05, 0.1) is 13.3 Å². The van der Waals surface area contributed by atoms with Gasteiger partial charge in [0.25, 0.3) is 5.91 Å². The Hall–Kier alpha value is -3.19. The van der Waals surface area contributed by atoms with E-state index >= 15 is 0 Å². The number of rotatable bonds is 5. The van der Waals surface area contributed by atoms with Gasteiger partial charge in [0.1, 0.15) is 11.4 Å². The quantitative estimate of drug-likeness (QED) is 0.637. The monoisotopic (exact) mass is 487 g/mol. The lowest BCUT2D eigenvalue weighted by Crippen LogP contribution is -2.47. The number of nitrogens with zero attached hydrogens (tertiary/aromatic N) is 4. The van der Waals surface area contributed by atoms with Gasteiger partial charge in [0.15, 0.2) is 0 Å². The van der Waals surface area contributed by atoms with Crippen molar-refractivity contribution in [2.75, 3.05) is 32.2 Å². The summed E-state index contributed by atoms with van der Waals surface area (Å²) in [7, 11) is 0. The lowest BCUT2D eigenvalue weighted by molar-refractivity contribution is -0.133. The standard InChI is InChI=1S/C27H31N5O2.C2H6/c28-23-5-3-4-22(16-23)19-6-8-20(9-7-19)24-29-27(12-1-2-13-27)26(34)32(24)18-30-14-15-31(17-30)25(33)21-10-11-21;1-2/h3-9,16,21H,1-2,10-15,17-18,28H2;1-2H3. The third-order valence-corrected chi connectivity index (χ3v) is 7.65. The summed E-state index contributed by atoms with van der Waals surface area (Å²) in [5.74, 6) is 1.38. The number of aliphatic imine (C=N–C) groups is 1. The summed E-state index contributed by atoms with van der Waals surface area (Å²) in [4.78, 5) is 37.2. The lowest BCUT2D eigenvalue weighted by Gasteiger charge is -2.27. The van der Waals surface area contributed by atoms with Crippen LogP contribution >= 0.6 is 0 Å². The van der Waals surface area contributed by atoms with Gasteiger partial charge in [-0.1, -0.05) is 63.1 Å². The van der Waals surface area contributed by atoms with Gasteiger partial charge < -0.3 is 10.6 Å². The van der Waals surface area contributed by atoms with Gasteiger partial charge in [-0.2, -0.15) is 0 Å². The molecule has 36 heavy (non-hydrogen) atoms. The highest BCUT2D eigenvalue weighted by atomic mass is 16.2. The second-order valence-corrected chi connectivity index (χ2v) is 10.2. The molecule has 2 aromatic carbocycles. The molecular formula is C29H37N5O2. The fourth-order valence-electron chi connectivity index (χ4n) is 5.55. The van der Waals surface area contributed by atoms with Gasteiger partial charge in [-0.25, -0.2) is 0 Å². The highest BCUT2D eigenvalue weighted by molar-refractivity contribution is 6.15. The molecule has 0 atom stereocenters. The molecular weight excluding hydrogens is 450 g/mol. The molecule has 1 saturated heterocycles. The summed E-state index contributed by atoms with van der Waals surface area (Å²) >= 11 is 0. The normalized spacial score (nSPS) is 21.1. The number of carbonyl (C=O) groups excluding carboxylic acids is 2. The minimum atomic E-state index is -0.606. The Bertz CT molecular complexity index is 1150. The predicted molar refractivity (Wildman–Crippen MR) is 143 cm³/mol. The smallest absolute Gasteiger partial charge is 0.257 e. The molecule has 3 fully saturated rings. The average molecular weight is 488 g/mol. The zero-order valence-electron chi connectivity index (χ0n) is 21.4. The molecule has 6 rings (SSSR count). The molecule has 4 aliphatic rings.